The number of halogens is 2. The summed E-state index contributed by atoms with van der Waals surface area (Å²) in [6, 6.07) is 3.26. The van der Waals surface area contributed by atoms with Crippen LogP contribution in [0, 0.1) is 12.7 Å². The molecule has 0 fully saturated rings. The third kappa shape index (κ3) is 2.50. The van der Waals surface area contributed by atoms with Crippen LogP contribution in [-0.2, 0) is 0 Å². The van der Waals surface area contributed by atoms with Crippen molar-refractivity contribution in [3.8, 4) is 11.7 Å². The van der Waals surface area contributed by atoms with Crippen molar-refractivity contribution in [2.24, 2.45) is 0 Å². The van der Waals surface area contributed by atoms with Crippen molar-refractivity contribution in [1.29, 1.82) is 0 Å². The average Bonchev–Trinajstić information content (AvgIpc) is 2.82. The third-order valence-electron chi connectivity index (χ3n) is 3.04. The molecule has 3 aromatic rings. The predicted molar refractivity (Wildman–Crippen MR) is 83.0 cm³/mol. The summed E-state index contributed by atoms with van der Waals surface area (Å²) in [4.78, 5) is 18.6. The third-order valence-corrected chi connectivity index (χ3v) is 3.64. The molecule has 114 valence electrons. The number of nitrogens with zero attached hydrogens (tertiary/aromatic N) is 3. The Morgan fingerprint density at radius 1 is 1.45 bits per heavy atom. The fourth-order valence-electron chi connectivity index (χ4n) is 2.13. The van der Waals surface area contributed by atoms with Crippen molar-refractivity contribution in [2.45, 2.75) is 13.8 Å². The van der Waals surface area contributed by atoms with Crippen molar-refractivity contribution in [3.05, 3.63) is 44.5 Å². The summed E-state index contributed by atoms with van der Waals surface area (Å²) in [5.41, 5.74) is 0.808. The Kier molecular flexibility index (Phi) is 3.69. The van der Waals surface area contributed by atoms with Crippen LogP contribution in [0.1, 0.15) is 12.5 Å². The zero-order chi connectivity index (χ0) is 15.9. The van der Waals surface area contributed by atoms with Gasteiger partial charge in [-0.3, -0.25) is 9.78 Å². The quantitative estimate of drug-likeness (QED) is 0.773. The molecule has 8 heteroatoms. The van der Waals surface area contributed by atoms with E-state index in [2.05, 4.69) is 31.0 Å². The maximum absolute atomic E-state index is 14.2. The molecule has 22 heavy (non-hydrogen) atoms. The molecule has 0 aliphatic rings. The van der Waals surface area contributed by atoms with Crippen LogP contribution in [0.2, 0.25) is 0 Å². The first-order valence-electron chi connectivity index (χ1n) is 6.58. The molecule has 0 aliphatic carbocycles. The maximum atomic E-state index is 14.2. The molecule has 1 N–H and O–H groups in total. The highest BCUT2D eigenvalue weighted by atomic mass is 79.9. The Balaban J connectivity index is 2.21. The minimum absolute atomic E-state index is 0.0914. The first-order chi connectivity index (χ1) is 10.5. The minimum atomic E-state index is -0.443. The second-order valence-corrected chi connectivity index (χ2v) is 5.55. The van der Waals surface area contributed by atoms with E-state index in [0.29, 0.717) is 11.1 Å². The van der Waals surface area contributed by atoms with Crippen molar-refractivity contribution in [1.82, 2.24) is 19.7 Å². The summed E-state index contributed by atoms with van der Waals surface area (Å²) in [6.07, 6.45) is 1.44. The molecule has 0 saturated heterocycles. The first kappa shape index (κ1) is 14.7. The van der Waals surface area contributed by atoms with E-state index in [4.69, 9.17) is 4.74 Å². The molecule has 2 heterocycles. The number of aromatic nitrogens is 4. The van der Waals surface area contributed by atoms with Gasteiger partial charge >= 0.3 is 0 Å². The van der Waals surface area contributed by atoms with Gasteiger partial charge in [0.15, 0.2) is 5.65 Å². The molecule has 3 rings (SSSR count). The standard InChI is InChI=1S/C14H12BrFN4O2/c1-3-22-14-17-12-8(13(21)18-14)6-20(19-12)11-9(15)4-7(2)5-10(11)16/h4-6H,3H2,1-2H3,(H,17,18,19,21). The van der Waals surface area contributed by atoms with Crippen molar-refractivity contribution in [3.63, 3.8) is 0 Å². The minimum Gasteiger partial charge on any atom is -0.465 e. The Labute approximate surface area is 133 Å². The first-order valence-corrected chi connectivity index (χ1v) is 7.37. The molecule has 2 aromatic heterocycles. The van der Waals surface area contributed by atoms with Crippen molar-refractivity contribution in [2.75, 3.05) is 6.61 Å². The lowest BCUT2D eigenvalue weighted by Gasteiger charge is -2.06. The van der Waals surface area contributed by atoms with Gasteiger partial charge in [-0.05, 0) is 47.5 Å². The molecular weight excluding hydrogens is 355 g/mol. The number of hydrogen-bond donors (Lipinski definition) is 1. The number of nitrogens with one attached hydrogen (secondary N) is 1. The Morgan fingerprint density at radius 2 is 2.23 bits per heavy atom. The summed E-state index contributed by atoms with van der Waals surface area (Å²) in [5.74, 6) is -0.443. The van der Waals surface area contributed by atoms with Crippen LogP contribution in [0.25, 0.3) is 16.7 Å². The van der Waals surface area contributed by atoms with Gasteiger partial charge in [0.05, 0.1) is 6.61 Å². The number of aromatic amines is 1. The SMILES string of the molecule is CCOc1nc2nn(-c3c(F)cc(C)cc3Br)cc2c(=O)[nH]1. The zero-order valence-electron chi connectivity index (χ0n) is 11.9. The second kappa shape index (κ2) is 5.53. The highest BCUT2D eigenvalue weighted by Gasteiger charge is 2.15. The lowest BCUT2D eigenvalue weighted by atomic mass is 10.2. The number of fused-ring (bicyclic) bond motifs is 1. The van der Waals surface area contributed by atoms with Crippen LogP contribution < -0.4 is 10.3 Å². The van der Waals surface area contributed by atoms with E-state index in [1.54, 1.807) is 19.9 Å². The summed E-state index contributed by atoms with van der Waals surface area (Å²) in [7, 11) is 0. The van der Waals surface area contributed by atoms with Crippen LogP contribution in [0.5, 0.6) is 6.01 Å². The Bertz CT molecular complexity index is 896. The summed E-state index contributed by atoms with van der Waals surface area (Å²) >= 11 is 3.32. The molecule has 0 aliphatic heterocycles. The van der Waals surface area contributed by atoms with Gasteiger partial charge in [0.25, 0.3) is 11.6 Å². The largest absolute Gasteiger partial charge is 0.465 e. The molecule has 0 saturated carbocycles. The van der Waals surface area contributed by atoms with Crippen LogP contribution in [0.3, 0.4) is 0 Å². The highest BCUT2D eigenvalue weighted by molar-refractivity contribution is 9.10. The number of H-pyrrole nitrogens is 1. The molecule has 1 aromatic carbocycles. The van der Waals surface area contributed by atoms with Gasteiger partial charge in [0, 0.05) is 10.7 Å². The predicted octanol–water partition coefficient (Wildman–Crippen LogP) is 2.72. The molecule has 0 unspecified atom stereocenters. The number of aryl methyl sites for hydroxylation is 1. The van der Waals surface area contributed by atoms with Gasteiger partial charge < -0.3 is 4.74 Å². The topological polar surface area (TPSA) is 72.8 Å². The zero-order valence-corrected chi connectivity index (χ0v) is 13.4. The Morgan fingerprint density at radius 3 is 2.91 bits per heavy atom. The van der Waals surface area contributed by atoms with Gasteiger partial charge in [-0.25, -0.2) is 9.07 Å². The van der Waals surface area contributed by atoms with Crippen molar-refractivity contribution >= 4 is 27.0 Å². The van der Waals surface area contributed by atoms with Crippen molar-refractivity contribution < 1.29 is 9.13 Å². The number of hydrogen-bond acceptors (Lipinski definition) is 4. The number of benzene rings is 1. The molecule has 0 atom stereocenters. The van der Waals surface area contributed by atoms with Crippen LogP contribution >= 0.6 is 15.9 Å². The van der Waals surface area contributed by atoms with Gasteiger partial charge in [-0.2, -0.15) is 4.98 Å². The van der Waals surface area contributed by atoms with Gasteiger partial charge in [-0.1, -0.05) is 0 Å². The van der Waals surface area contributed by atoms with E-state index >= 15 is 0 Å². The van der Waals surface area contributed by atoms with E-state index in [-0.39, 0.29) is 28.3 Å². The van der Waals surface area contributed by atoms with Gasteiger partial charge in [0.2, 0.25) is 0 Å². The average molecular weight is 367 g/mol. The van der Waals surface area contributed by atoms with Gasteiger partial charge in [0.1, 0.15) is 16.9 Å². The van der Waals surface area contributed by atoms with E-state index in [9.17, 15) is 9.18 Å². The molecular formula is C14H12BrFN4O2. The molecule has 0 amide bonds. The summed E-state index contributed by atoms with van der Waals surface area (Å²) in [6.45, 7) is 3.94. The van der Waals surface area contributed by atoms with E-state index in [1.165, 1.54) is 16.9 Å². The smallest absolute Gasteiger partial charge is 0.298 e. The lowest BCUT2D eigenvalue weighted by molar-refractivity contribution is 0.313. The van der Waals surface area contributed by atoms with Crippen LogP contribution in [-0.4, -0.2) is 26.4 Å². The monoisotopic (exact) mass is 366 g/mol. The summed E-state index contributed by atoms with van der Waals surface area (Å²) in [5, 5.41) is 4.43. The van der Waals surface area contributed by atoms with E-state index in [1.807, 2.05) is 0 Å². The normalized spacial score (nSPS) is 11.1. The number of rotatable bonds is 3. The lowest BCUT2D eigenvalue weighted by Crippen LogP contribution is -2.09. The van der Waals surface area contributed by atoms with E-state index < -0.39 is 5.82 Å². The maximum Gasteiger partial charge on any atom is 0.298 e. The molecule has 0 bridgehead atoms. The number of ether oxygens (including phenoxy) is 1. The molecule has 0 radical (unpaired) electrons. The Hall–Kier alpha value is -2.22. The molecule has 6 nitrogen and oxygen atoms in total. The second-order valence-electron chi connectivity index (χ2n) is 4.69. The van der Waals surface area contributed by atoms with Crippen LogP contribution in [0.15, 0.2) is 27.6 Å². The fraction of sp³-hybridized carbons (Fsp3) is 0.214. The highest BCUT2D eigenvalue weighted by Crippen LogP contribution is 2.26. The van der Waals surface area contributed by atoms with Crippen LogP contribution in [0.4, 0.5) is 4.39 Å². The fourth-order valence-corrected chi connectivity index (χ4v) is 2.86. The van der Waals surface area contributed by atoms with Gasteiger partial charge in [-0.15, -0.1) is 5.10 Å². The summed E-state index contributed by atoms with van der Waals surface area (Å²) < 4.78 is 21.2. The van der Waals surface area contributed by atoms with E-state index in [0.717, 1.165) is 5.56 Å². The molecule has 0 spiro atoms.